The van der Waals surface area contributed by atoms with Gasteiger partial charge in [0.05, 0.1) is 0 Å². The highest BCUT2D eigenvalue weighted by molar-refractivity contribution is 5.71. The molecule has 0 aliphatic carbocycles. The first-order chi connectivity index (χ1) is 31.5. The van der Waals surface area contributed by atoms with Gasteiger partial charge in [-0.1, -0.05) is 246 Å². The van der Waals surface area contributed by atoms with E-state index in [9.17, 15) is 14.4 Å². The van der Waals surface area contributed by atoms with Crippen molar-refractivity contribution < 1.29 is 28.6 Å². The zero-order valence-corrected chi connectivity index (χ0v) is 41.5. The van der Waals surface area contributed by atoms with Crippen LogP contribution in [0.25, 0.3) is 0 Å². The van der Waals surface area contributed by atoms with Crippen LogP contribution >= 0.6 is 0 Å². The molecule has 0 aliphatic heterocycles. The molecule has 6 heteroatoms. The van der Waals surface area contributed by atoms with Crippen molar-refractivity contribution in [1.82, 2.24) is 0 Å². The summed E-state index contributed by atoms with van der Waals surface area (Å²) >= 11 is 0. The summed E-state index contributed by atoms with van der Waals surface area (Å²) in [6.07, 6.45) is 68.4. The van der Waals surface area contributed by atoms with Gasteiger partial charge in [-0.05, 0) is 64.2 Å². The second-order valence-corrected chi connectivity index (χ2v) is 17.2. The molecule has 0 bridgehead atoms. The molecule has 0 heterocycles. The van der Waals surface area contributed by atoms with Gasteiger partial charge < -0.3 is 14.2 Å². The average Bonchev–Trinajstić information content (AvgIpc) is 3.29. The number of hydrogen-bond acceptors (Lipinski definition) is 6. The minimum absolute atomic E-state index is 0.125. The second kappa shape index (κ2) is 52.0. The summed E-state index contributed by atoms with van der Waals surface area (Å²) in [7, 11) is 0. The molecule has 6 nitrogen and oxygen atoms in total. The normalized spacial score (nSPS) is 12.9. The number of rotatable bonds is 46. The molecule has 0 aromatic rings. The van der Waals surface area contributed by atoms with Gasteiger partial charge in [0.1, 0.15) is 13.2 Å². The van der Waals surface area contributed by atoms with E-state index in [1.54, 1.807) is 0 Å². The molecular formula is C58H96O6. The molecule has 0 aromatic heterocycles. The third-order valence-electron chi connectivity index (χ3n) is 11.0. The van der Waals surface area contributed by atoms with Gasteiger partial charge in [-0.3, -0.25) is 14.4 Å². The van der Waals surface area contributed by atoms with Crippen molar-refractivity contribution in [2.24, 2.45) is 0 Å². The largest absolute Gasteiger partial charge is 0.462 e. The first kappa shape index (κ1) is 60.3. The van der Waals surface area contributed by atoms with Crippen LogP contribution in [0.2, 0.25) is 0 Å². The van der Waals surface area contributed by atoms with Gasteiger partial charge >= 0.3 is 17.9 Å². The summed E-state index contributed by atoms with van der Waals surface area (Å²) < 4.78 is 16.7. The third-order valence-corrected chi connectivity index (χ3v) is 11.0. The van der Waals surface area contributed by atoms with E-state index in [4.69, 9.17) is 14.2 Å². The van der Waals surface area contributed by atoms with Crippen LogP contribution in [-0.4, -0.2) is 37.2 Å². The summed E-state index contributed by atoms with van der Waals surface area (Å²) in [5.74, 6) is -1.05. The highest BCUT2D eigenvalue weighted by Crippen LogP contribution is 2.15. The molecule has 0 aromatic carbocycles. The average molecular weight is 889 g/mol. The number of unbranched alkanes of at least 4 members (excludes halogenated alkanes) is 23. The molecule has 0 rings (SSSR count). The maximum atomic E-state index is 12.8. The van der Waals surface area contributed by atoms with E-state index < -0.39 is 6.10 Å². The Kier molecular flexibility index (Phi) is 49.0. The van der Waals surface area contributed by atoms with Crippen LogP contribution in [0.3, 0.4) is 0 Å². The molecule has 0 amide bonds. The van der Waals surface area contributed by atoms with Crippen molar-refractivity contribution >= 4 is 17.9 Å². The van der Waals surface area contributed by atoms with Crippen molar-refractivity contribution in [3.63, 3.8) is 0 Å². The minimum Gasteiger partial charge on any atom is -0.462 e. The number of esters is 3. The van der Waals surface area contributed by atoms with Gasteiger partial charge in [-0.2, -0.15) is 0 Å². The van der Waals surface area contributed by atoms with Gasteiger partial charge in [-0.25, -0.2) is 0 Å². The number of ether oxygens (including phenoxy) is 3. The summed E-state index contributed by atoms with van der Waals surface area (Å²) in [4.78, 5) is 37.9. The number of allylic oxidation sites excluding steroid dienone is 16. The smallest absolute Gasteiger partial charge is 0.306 e. The molecule has 1 unspecified atom stereocenters. The maximum Gasteiger partial charge on any atom is 0.306 e. The van der Waals surface area contributed by atoms with Crippen molar-refractivity contribution in [1.29, 1.82) is 0 Å². The van der Waals surface area contributed by atoms with E-state index in [2.05, 4.69) is 63.3 Å². The molecule has 0 saturated carbocycles. The number of carbonyl (C=O) groups excluding carboxylic acids is 3. The van der Waals surface area contributed by atoms with Crippen LogP contribution in [0.15, 0.2) is 97.2 Å². The van der Waals surface area contributed by atoms with Gasteiger partial charge in [0.15, 0.2) is 6.10 Å². The van der Waals surface area contributed by atoms with Gasteiger partial charge in [0, 0.05) is 19.3 Å². The van der Waals surface area contributed by atoms with E-state index in [0.29, 0.717) is 19.3 Å². The molecule has 0 spiro atoms. The Morgan fingerprint density at radius 3 is 1.14 bits per heavy atom. The molecule has 0 saturated heterocycles. The second-order valence-electron chi connectivity index (χ2n) is 17.2. The fraction of sp³-hybridized carbons (Fsp3) is 0.672. The maximum absolute atomic E-state index is 12.8. The van der Waals surface area contributed by atoms with E-state index in [0.717, 1.165) is 51.4 Å². The highest BCUT2D eigenvalue weighted by Gasteiger charge is 2.19. The predicted octanol–water partition coefficient (Wildman–Crippen LogP) is 17.4. The first-order valence-corrected chi connectivity index (χ1v) is 26.3. The lowest BCUT2D eigenvalue weighted by molar-refractivity contribution is -0.167. The molecule has 1 atom stereocenters. The number of hydrogen-bond donors (Lipinski definition) is 0. The van der Waals surface area contributed by atoms with Gasteiger partial charge in [0.25, 0.3) is 0 Å². The van der Waals surface area contributed by atoms with E-state index >= 15 is 0 Å². The lowest BCUT2D eigenvalue weighted by atomic mass is 10.0. The zero-order chi connectivity index (χ0) is 46.5. The predicted molar refractivity (Wildman–Crippen MR) is 274 cm³/mol. The molecule has 364 valence electrons. The van der Waals surface area contributed by atoms with Crippen LogP contribution in [-0.2, 0) is 28.6 Å². The molecular weight excluding hydrogens is 793 g/mol. The number of carbonyl (C=O) groups is 3. The zero-order valence-electron chi connectivity index (χ0n) is 41.5. The molecule has 0 N–H and O–H groups in total. The minimum atomic E-state index is -0.825. The van der Waals surface area contributed by atoms with E-state index in [1.165, 1.54) is 128 Å². The molecule has 64 heavy (non-hydrogen) atoms. The van der Waals surface area contributed by atoms with Crippen molar-refractivity contribution in [2.45, 2.75) is 239 Å². The van der Waals surface area contributed by atoms with Crippen LogP contribution in [0, 0.1) is 0 Å². The van der Waals surface area contributed by atoms with Crippen LogP contribution in [0.1, 0.15) is 233 Å². The summed E-state index contributed by atoms with van der Waals surface area (Å²) in [6, 6.07) is 0. The van der Waals surface area contributed by atoms with Crippen molar-refractivity contribution in [3.8, 4) is 0 Å². The SMILES string of the molecule is CC\C=C/C=C\C=C/C=C\C=C/CCCC(=O)OCC(COC(=O)CCC/C=C\C/C=C\C/C=C\CCCCCCCC)OC(=O)CCCCCCCCCCCCCCCCCC. The van der Waals surface area contributed by atoms with Crippen LogP contribution in [0.4, 0.5) is 0 Å². The quantitative estimate of drug-likeness (QED) is 0.0199. The Morgan fingerprint density at radius 2 is 0.688 bits per heavy atom. The summed E-state index contributed by atoms with van der Waals surface area (Å²) in [5, 5.41) is 0. The monoisotopic (exact) mass is 889 g/mol. The van der Waals surface area contributed by atoms with Crippen molar-refractivity contribution in [3.05, 3.63) is 97.2 Å². The Balaban J connectivity index is 4.53. The van der Waals surface area contributed by atoms with Crippen LogP contribution < -0.4 is 0 Å². The standard InChI is InChI=1S/C58H96O6/c1-4-7-10-13-16-19-22-25-27-29-31-33-36-39-42-45-48-51-57(60)63-54-55(53-62-56(59)50-47-44-41-38-35-32-24-21-18-15-12-9-6-3)64-58(61)52-49-46-43-40-37-34-30-28-26-23-20-17-14-11-8-5-2/h9,12,15,18,21,24-25,27,31-33,35,38-39,41-42,55H,4-8,10-11,13-14,16-17,19-20,22-23,26,28-30,34,36-37,40,43-54H2,1-3H3/b12-9-,18-15-,24-21-,27-25-,33-31-,35-32-,41-38-,42-39-. The topological polar surface area (TPSA) is 78.9 Å². The summed E-state index contributed by atoms with van der Waals surface area (Å²) in [6.45, 7) is 6.38. The van der Waals surface area contributed by atoms with E-state index in [-0.39, 0.29) is 44.0 Å². The Labute approximate surface area is 394 Å². The lowest BCUT2D eigenvalue weighted by Crippen LogP contribution is -2.30. The Morgan fingerprint density at radius 1 is 0.344 bits per heavy atom. The molecule has 0 fully saturated rings. The lowest BCUT2D eigenvalue weighted by Gasteiger charge is -2.18. The van der Waals surface area contributed by atoms with Crippen molar-refractivity contribution in [2.75, 3.05) is 13.2 Å². The fourth-order valence-electron chi connectivity index (χ4n) is 7.02. The van der Waals surface area contributed by atoms with E-state index in [1.807, 2.05) is 54.7 Å². The van der Waals surface area contributed by atoms with Crippen LogP contribution in [0.5, 0.6) is 0 Å². The first-order valence-electron chi connectivity index (χ1n) is 26.3. The van der Waals surface area contributed by atoms with Gasteiger partial charge in [0.2, 0.25) is 0 Å². The Hall–Kier alpha value is -3.67. The van der Waals surface area contributed by atoms with Gasteiger partial charge in [-0.15, -0.1) is 0 Å². The third kappa shape index (κ3) is 49.3. The molecule has 0 aliphatic rings. The molecule has 0 radical (unpaired) electrons. The fourth-order valence-corrected chi connectivity index (χ4v) is 7.02. The Bertz CT molecular complexity index is 1300. The summed E-state index contributed by atoms with van der Waals surface area (Å²) in [5.41, 5.74) is 0. The highest BCUT2D eigenvalue weighted by atomic mass is 16.6.